The molecule has 0 fully saturated rings. The number of fused-ring (bicyclic) bond motifs is 1. The highest BCUT2D eigenvalue weighted by atomic mass is 16.5. The highest BCUT2D eigenvalue weighted by molar-refractivity contribution is 5.97. The second kappa shape index (κ2) is 6.02. The molecule has 0 aliphatic carbocycles. The number of hydrogen-bond donors (Lipinski definition) is 0. The first kappa shape index (κ1) is 14.3. The van der Waals surface area contributed by atoms with E-state index < -0.39 is 0 Å². The maximum atomic E-state index is 12.5. The molecule has 3 rings (SSSR count). The zero-order valence-electron chi connectivity index (χ0n) is 12.4. The third-order valence-electron chi connectivity index (χ3n) is 3.83. The molecule has 0 bridgehead atoms. The summed E-state index contributed by atoms with van der Waals surface area (Å²) in [7, 11) is 0. The maximum absolute atomic E-state index is 12.5. The van der Waals surface area contributed by atoms with E-state index in [-0.39, 0.29) is 18.6 Å². The van der Waals surface area contributed by atoms with Crippen LogP contribution in [0, 0.1) is 0 Å². The summed E-state index contributed by atoms with van der Waals surface area (Å²) in [4.78, 5) is 25.0. The molecular weight excluding hydrogens is 278 g/mol. The van der Waals surface area contributed by atoms with Crippen LogP contribution in [-0.2, 0) is 11.2 Å². The predicted molar refractivity (Wildman–Crippen MR) is 84.4 cm³/mol. The summed E-state index contributed by atoms with van der Waals surface area (Å²) in [5.41, 5.74) is 2.68. The molecule has 2 aromatic rings. The molecule has 1 aliphatic heterocycles. The van der Waals surface area contributed by atoms with Gasteiger partial charge in [-0.2, -0.15) is 0 Å². The molecule has 0 radical (unpaired) electrons. The van der Waals surface area contributed by atoms with Crippen LogP contribution >= 0.6 is 0 Å². The zero-order chi connectivity index (χ0) is 15.5. The van der Waals surface area contributed by atoms with Gasteiger partial charge in [0.15, 0.2) is 6.61 Å². The van der Waals surface area contributed by atoms with Crippen molar-refractivity contribution in [2.45, 2.75) is 19.4 Å². The molecule has 0 aromatic heterocycles. The summed E-state index contributed by atoms with van der Waals surface area (Å²) >= 11 is 0. The van der Waals surface area contributed by atoms with Gasteiger partial charge in [-0.25, -0.2) is 0 Å². The molecular formula is C18H17NO3. The standard InChI is InChI=1S/C18H17NO3/c1-13-9-15-6-2-3-8-17(15)19(13)18(21)12-22-16-7-4-5-14(10-16)11-20/h2-8,10-11,13H,9,12H2,1H3/t13-/m1/s1. The molecule has 0 N–H and O–H groups in total. The minimum absolute atomic E-state index is 0.0407. The number of amides is 1. The SMILES string of the molecule is C[C@@H]1Cc2ccccc2N1C(=O)COc1cccc(C=O)c1. The number of ether oxygens (including phenoxy) is 1. The van der Waals surface area contributed by atoms with Crippen LogP contribution in [0.2, 0.25) is 0 Å². The van der Waals surface area contributed by atoms with Crippen LogP contribution in [0.15, 0.2) is 48.5 Å². The van der Waals surface area contributed by atoms with Gasteiger partial charge in [-0.1, -0.05) is 30.3 Å². The van der Waals surface area contributed by atoms with E-state index in [1.165, 1.54) is 5.56 Å². The maximum Gasteiger partial charge on any atom is 0.265 e. The zero-order valence-corrected chi connectivity index (χ0v) is 12.4. The number of anilines is 1. The summed E-state index contributed by atoms with van der Waals surface area (Å²) in [6.07, 6.45) is 1.62. The summed E-state index contributed by atoms with van der Waals surface area (Å²) in [6.45, 7) is 1.99. The van der Waals surface area contributed by atoms with Crippen LogP contribution in [0.1, 0.15) is 22.8 Å². The van der Waals surface area contributed by atoms with Gasteiger partial charge in [0, 0.05) is 17.3 Å². The van der Waals surface area contributed by atoms with E-state index in [1.807, 2.05) is 31.2 Å². The number of para-hydroxylation sites is 1. The number of rotatable bonds is 4. The second-order valence-electron chi connectivity index (χ2n) is 5.42. The predicted octanol–water partition coefficient (Wildman–Crippen LogP) is 2.86. The highest BCUT2D eigenvalue weighted by Crippen LogP contribution is 2.31. The average molecular weight is 295 g/mol. The van der Waals surface area contributed by atoms with Crippen molar-refractivity contribution in [3.05, 3.63) is 59.7 Å². The van der Waals surface area contributed by atoms with Crippen molar-refractivity contribution in [2.75, 3.05) is 11.5 Å². The topological polar surface area (TPSA) is 46.6 Å². The minimum Gasteiger partial charge on any atom is -0.484 e. The van der Waals surface area contributed by atoms with Crippen LogP contribution in [0.5, 0.6) is 5.75 Å². The lowest BCUT2D eigenvalue weighted by molar-refractivity contribution is -0.120. The lowest BCUT2D eigenvalue weighted by Crippen LogP contribution is -2.39. The Labute approximate surface area is 129 Å². The fraction of sp³-hybridized carbons (Fsp3) is 0.222. The normalized spacial score (nSPS) is 16.2. The lowest BCUT2D eigenvalue weighted by atomic mass is 10.1. The van der Waals surface area contributed by atoms with Gasteiger partial charge in [-0.3, -0.25) is 9.59 Å². The van der Waals surface area contributed by atoms with E-state index in [9.17, 15) is 9.59 Å². The van der Waals surface area contributed by atoms with Crippen molar-refractivity contribution in [2.24, 2.45) is 0 Å². The van der Waals surface area contributed by atoms with Gasteiger partial charge >= 0.3 is 0 Å². The van der Waals surface area contributed by atoms with Crippen LogP contribution < -0.4 is 9.64 Å². The quantitative estimate of drug-likeness (QED) is 0.815. The Morgan fingerprint density at radius 3 is 2.91 bits per heavy atom. The molecule has 0 saturated carbocycles. The molecule has 1 atom stereocenters. The lowest BCUT2D eigenvalue weighted by Gasteiger charge is -2.22. The third kappa shape index (κ3) is 2.72. The van der Waals surface area contributed by atoms with Crippen molar-refractivity contribution < 1.29 is 14.3 Å². The monoisotopic (exact) mass is 295 g/mol. The van der Waals surface area contributed by atoms with Gasteiger partial charge in [-0.05, 0) is 37.1 Å². The van der Waals surface area contributed by atoms with Gasteiger partial charge < -0.3 is 9.64 Å². The fourth-order valence-corrected chi connectivity index (χ4v) is 2.84. The van der Waals surface area contributed by atoms with Crippen LogP contribution in [0.4, 0.5) is 5.69 Å². The Bertz CT molecular complexity index is 711. The molecule has 1 aliphatic rings. The minimum atomic E-state index is -0.0750. The first-order valence-electron chi connectivity index (χ1n) is 7.27. The Morgan fingerprint density at radius 2 is 2.09 bits per heavy atom. The van der Waals surface area contributed by atoms with Gasteiger partial charge in [0.25, 0.3) is 5.91 Å². The first-order valence-corrected chi connectivity index (χ1v) is 7.27. The number of carbonyl (C=O) groups excluding carboxylic acids is 2. The van der Waals surface area contributed by atoms with Crippen LogP contribution in [0.3, 0.4) is 0 Å². The number of benzene rings is 2. The second-order valence-corrected chi connectivity index (χ2v) is 5.42. The van der Waals surface area contributed by atoms with Crippen molar-refractivity contribution in [3.8, 4) is 5.75 Å². The summed E-state index contributed by atoms with van der Waals surface area (Å²) in [5.74, 6) is 0.451. The van der Waals surface area contributed by atoms with Crippen LogP contribution in [0.25, 0.3) is 0 Å². The van der Waals surface area contributed by atoms with E-state index in [1.54, 1.807) is 29.2 Å². The van der Waals surface area contributed by atoms with Crippen molar-refractivity contribution in [3.63, 3.8) is 0 Å². The van der Waals surface area contributed by atoms with E-state index >= 15 is 0 Å². The third-order valence-corrected chi connectivity index (χ3v) is 3.83. The number of hydrogen-bond acceptors (Lipinski definition) is 3. The molecule has 2 aromatic carbocycles. The Kier molecular flexibility index (Phi) is 3.92. The number of aldehydes is 1. The molecule has 0 unspecified atom stereocenters. The molecule has 4 heteroatoms. The van der Waals surface area contributed by atoms with E-state index in [0.717, 1.165) is 18.4 Å². The largest absolute Gasteiger partial charge is 0.484 e. The smallest absolute Gasteiger partial charge is 0.265 e. The van der Waals surface area contributed by atoms with Crippen molar-refractivity contribution in [1.29, 1.82) is 0 Å². The van der Waals surface area contributed by atoms with Crippen molar-refractivity contribution >= 4 is 17.9 Å². The molecule has 0 saturated heterocycles. The summed E-state index contributed by atoms with van der Waals surface area (Å²) in [5, 5.41) is 0. The van der Waals surface area contributed by atoms with Crippen molar-refractivity contribution in [1.82, 2.24) is 0 Å². The summed E-state index contributed by atoms with van der Waals surface area (Å²) < 4.78 is 5.54. The van der Waals surface area contributed by atoms with E-state index in [2.05, 4.69) is 0 Å². The molecule has 4 nitrogen and oxygen atoms in total. The highest BCUT2D eigenvalue weighted by Gasteiger charge is 2.30. The van der Waals surface area contributed by atoms with Gasteiger partial charge in [0.05, 0.1) is 0 Å². The Hall–Kier alpha value is -2.62. The molecule has 1 heterocycles. The molecule has 112 valence electrons. The number of carbonyl (C=O) groups is 2. The number of nitrogens with zero attached hydrogens (tertiary/aromatic N) is 1. The van der Waals surface area contributed by atoms with Crippen LogP contribution in [-0.4, -0.2) is 24.8 Å². The Morgan fingerprint density at radius 1 is 1.27 bits per heavy atom. The molecule has 0 spiro atoms. The van der Waals surface area contributed by atoms with Gasteiger partial charge in [0.1, 0.15) is 12.0 Å². The average Bonchev–Trinajstić information content (AvgIpc) is 2.88. The van der Waals surface area contributed by atoms with E-state index in [0.29, 0.717) is 11.3 Å². The molecule has 22 heavy (non-hydrogen) atoms. The van der Waals surface area contributed by atoms with Gasteiger partial charge in [-0.15, -0.1) is 0 Å². The first-order chi connectivity index (χ1) is 10.7. The van der Waals surface area contributed by atoms with Gasteiger partial charge in [0.2, 0.25) is 0 Å². The summed E-state index contributed by atoms with van der Waals surface area (Å²) in [6, 6.07) is 14.9. The molecule has 1 amide bonds. The fourth-order valence-electron chi connectivity index (χ4n) is 2.84. The Balaban J connectivity index is 1.71. The van der Waals surface area contributed by atoms with E-state index in [4.69, 9.17) is 4.74 Å².